The summed E-state index contributed by atoms with van der Waals surface area (Å²) in [5.41, 5.74) is 2.06. The summed E-state index contributed by atoms with van der Waals surface area (Å²) in [5.74, 6) is -0.169. The Hall–Kier alpha value is -3.30. The van der Waals surface area contributed by atoms with Crippen molar-refractivity contribution in [3.8, 4) is 11.4 Å². The van der Waals surface area contributed by atoms with Gasteiger partial charge in [-0.25, -0.2) is 0 Å². The van der Waals surface area contributed by atoms with Crippen molar-refractivity contribution in [2.75, 3.05) is 13.2 Å². The van der Waals surface area contributed by atoms with Crippen molar-refractivity contribution in [1.82, 2.24) is 30.4 Å². The van der Waals surface area contributed by atoms with Crippen LogP contribution in [0.3, 0.4) is 0 Å². The second kappa shape index (κ2) is 11.4. The van der Waals surface area contributed by atoms with Crippen LogP contribution in [0.1, 0.15) is 50.8 Å². The van der Waals surface area contributed by atoms with E-state index < -0.39 is 11.6 Å². The SMILES string of the molecule is Cc1ccc([C@H](C(=O)NC(C)(C)C)N(C[C@H]2CCCO2)C(=O)Cn2nnc(-c3ccc(Cl)cc3)n2)cc1. The number of aryl methyl sites for hydroxylation is 1. The molecule has 1 saturated heterocycles. The van der Waals surface area contributed by atoms with Crippen molar-refractivity contribution < 1.29 is 14.3 Å². The van der Waals surface area contributed by atoms with Gasteiger partial charge < -0.3 is 15.0 Å². The van der Waals surface area contributed by atoms with Crippen molar-refractivity contribution in [2.45, 2.75) is 64.8 Å². The molecular weight excluding hydrogens is 492 g/mol. The van der Waals surface area contributed by atoms with E-state index in [2.05, 4.69) is 20.7 Å². The van der Waals surface area contributed by atoms with Crippen molar-refractivity contribution in [3.63, 3.8) is 0 Å². The molecule has 2 heterocycles. The zero-order valence-corrected chi connectivity index (χ0v) is 22.4. The summed E-state index contributed by atoms with van der Waals surface area (Å²) >= 11 is 5.98. The quantitative estimate of drug-likeness (QED) is 0.478. The first-order chi connectivity index (χ1) is 17.6. The van der Waals surface area contributed by atoms with E-state index in [4.69, 9.17) is 16.3 Å². The molecule has 9 nitrogen and oxygen atoms in total. The molecule has 1 aliphatic rings. The Morgan fingerprint density at radius 1 is 1.16 bits per heavy atom. The molecule has 4 rings (SSSR count). The molecule has 1 fully saturated rings. The highest BCUT2D eigenvalue weighted by molar-refractivity contribution is 6.30. The molecule has 3 aromatic rings. The lowest BCUT2D eigenvalue weighted by atomic mass is 10.00. The van der Waals surface area contributed by atoms with Crippen LogP contribution in [0.2, 0.25) is 5.02 Å². The Kier molecular flexibility index (Phi) is 8.24. The second-order valence-corrected chi connectivity index (χ2v) is 10.8. The number of hydrogen-bond acceptors (Lipinski definition) is 6. The number of ether oxygens (including phenoxy) is 1. The van der Waals surface area contributed by atoms with Gasteiger partial charge in [0.25, 0.3) is 0 Å². The topological polar surface area (TPSA) is 102 Å². The van der Waals surface area contributed by atoms with E-state index in [1.807, 2.05) is 52.0 Å². The molecule has 196 valence electrons. The number of nitrogens with one attached hydrogen (secondary N) is 1. The molecule has 37 heavy (non-hydrogen) atoms. The maximum Gasteiger partial charge on any atom is 0.247 e. The normalized spacial score (nSPS) is 16.4. The van der Waals surface area contributed by atoms with Gasteiger partial charge in [-0.15, -0.1) is 10.2 Å². The number of halogens is 1. The zero-order valence-electron chi connectivity index (χ0n) is 21.6. The van der Waals surface area contributed by atoms with E-state index in [0.717, 1.165) is 29.5 Å². The standard InChI is InChI=1S/C27H33ClN6O3/c1-18-7-9-19(10-8-18)24(26(36)29-27(2,3)4)33(16-22-6-5-15-37-22)23(35)17-34-31-25(30-32-34)20-11-13-21(28)14-12-20/h7-14,22,24H,5-6,15-17H2,1-4H3,(H,29,36)/t22-,24-/m1/s1. The fraction of sp³-hybridized carbons (Fsp3) is 0.444. The highest BCUT2D eigenvalue weighted by atomic mass is 35.5. The van der Waals surface area contributed by atoms with Gasteiger partial charge in [-0.05, 0) is 75.6 Å². The predicted octanol–water partition coefficient (Wildman–Crippen LogP) is 3.97. The molecule has 0 radical (unpaired) electrons. The molecule has 2 amide bonds. The molecular formula is C27H33ClN6O3. The third kappa shape index (κ3) is 7.14. The summed E-state index contributed by atoms with van der Waals surface area (Å²) in [7, 11) is 0. The van der Waals surface area contributed by atoms with Gasteiger partial charge in [0.1, 0.15) is 12.6 Å². The van der Waals surface area contributed by atoms with Gasteiger partial charge in [-0.3, -0.25) is 9.59 Å². The summed E-state index contributed by atoms with van der Waals surface area (Å²) in [6.45, 7) is 8.50. The Morgan fingerprint density at radius 3 is 2.49 bits per heavy atom. The first kappa shape index (κ1) is 26.8. The van der Waals surface area contributed by atoms with Crippen LogP contribution in [0.15, 0.2) is 48.5 Å². The van der Waals surface area contributed by atoms with E-state index in [1.165, 1.54) is 4.80 Å². The smallest absolute Gasteiger partial charge is 0.247 e. The van der Waals surface area contributed by atoms with Gasteiger partial charge in [-0.2, -0.15) is 4.80 Å². The largest absolute Gasteiger partial charge is 0.376 e. The number of benzene rings is 2. The second-order valence-electron chi connectivity index (χ2n) is 10.4. The third-order valence-electron chi connectivity index (χ3n) is 6.03. The van der Waals surface area contributed by atoms with Crippen molar-refractivity contribution in [1.29, 1.82) is 0 Å². The minimum absolute atomic E-state index is 0.146. The highest BCUT2D eigenvalue weighted by Crippen LogP contribution is 2.26. The molecule has 0 aliphatic carbocycles. The summed E-state index contributed by atoms with van der Waals surface area (Å²) < 4.78 is 5.85. The van der Waals surface area contributed by atoms with E-state index in [-0.39, 0.29) is 31.0 Å². The van der Waals surface area contributed by atoms with E-state index >= 15 is 0 Å². The molecule has 1 N–H and O–H groups in total. The summed E-state index contributed by atoms with van der Waals surface area (Å²) in [6.07, 6.45) is 1.60. The molecule has 0 bridgehead atoms. The number of aromatic nitrogens is 4. The molecule has 10 heteroatoms. The molecule has 2 aromatic carbocycles. The number of nitrogens with zero attached hydrogens (tertiary/aromatic N) is 5. The van der Waals surface area contributed by atoms with E-state index in [9.17, 15) is 9.59 Å². The number of rotatable bonds is 8. The van der Waals surface area contributed by atoms with Gasteiger partial charge in [0, 0.05) is 29.3 Å². The summed E-state index contributed by atoms with van der Waals surface area (Å²) in [4.78, 5) is 30.3. The molecule has 0 unspecified atom stereocenters. The first-order valence-corrected chi connectivity index (χ1v) is 12.8. The van der Waals surface area contributed by atoms with Crippen LogP contribution in [-0.4, -0.2) is 61.7 Å². The monoisotopic (exact) mass is 524 g/mol. The fourth-order valence-electron chi connectivity index (χ4n) is 4.26. The van der Waals surface area contributed by atoms with Crippen LogP contribution >= 0.6 is 11.6 Å². The number of hydrogen-bond donors (Lipinski definition) is 1. The number of amides is 2. The van der Waals surface area contributed by atoms with Crippen LogP contribution in [0, 0.1) is 6.92 Å². The van der Waals surface area contributed by atoms with Crippen molar-refractivity contribution >= 4 is 23.4 Å². The van der Waals surface area contributed by atoms with Crippen LogP contribution in [-0.2, 0) is 20.9 Å². The minimum atomic E-state index is -0.837. The Labute approximate surface area is 222 Å². The Balaban J connectivity index is 1.64. The Morgan fingerprint density at radius 2 is 1.86 bits per heavy atom. The van der Waals surface area contributed by atoms with Crippen LogP contribution in [0.25, 0.3) is 11.4 Å². The fourth-order valence-corrected chi connectivity index (χ4v) is 4.38. The molecule has 0 spiro atoms. The van der Waals surface area contributed by atoms with Gasteiger partial charge in [0.05, 0.1) is 6.10 Å². The lowest BCUT2D eigenvalue weighted by Gasteiger charge is -2.35. The summed E-state index contributed by atoms with van der Waals surface area (Å²) in [5, 5.41) is 16.2. The predicted molar refractivity (Wildman–Crippen MR) is 141 cm³/mol. The molecule has 1 aromatic heterocycles. The average molecular weight is 525 g/mol. The average Bonchev–Trinajstić information content (AvgIpc) is 3.51. The maximum atomic E-state index is 13.8. The zero-order chi connectivity index (χ0) is 26.6. The number of tetrazole rings is 1. The van der Waals surface area contributed by atoms with Crippen molar-refractivity contribution in [2.24, 2.45) is 0 Å². The number of carbonyl (C=O) groups is 2. The third-order valence-corrected chi connectivity index (χ3v) is 6.28. The highest BCUT2D eigenvalue weighted by Gasteiger charge is 2.35. The van der Waals surface area contributed by atoms with E-state index in [1.54, 1.807) is 29.2 Å². The van der Waals surface area contributed by atoms with Gasteiger partial charge in [0.15, 0.2) is 0 Å². The minimum Gasteiger partial charge on any atom is -0.376 e. The van der Waals surface area contributed by atoms with Gasteiger partial charge in [0.2, 0.25) is 17.6 Å². The Bertz CT molecular complexity index is 1210. The van der Waals surface area contributed by atoms with Gasteiger partial charge in [-0.1, -0.05) is 41.4 Å². The molecule has 1 aliphatic heterocycles. The molecule has 2 atom stereocenters. The lowest BCUT2D eigenvalue weighted by molar-refractivity contribution is -0.144. The van der Waals surface area contributed by atoms with Crippen LogP contribution in [0.5, 0.6) is 0 Å². The van der Waals surface area contributed by atoms with Crippen LogP contribution < -0.4 is 5.32 Å². The summed E-state index contributed by atoms with van der Waals surface area (Å²) in [6, 6.07) is 13.9. The van der Waals surface area contributed by atoms with E-state index in [0.29, 0.717) is 17.5 Å². The lowest BCUT2D eigenvalue weighted by Crippen LogP contribution is -2.51. The first-order valence-electron chi connectivity index (χ1n) is 12.4. The maximum absolute atomic E-state index is 13.8. The van der Waals surface area contributed by atoms with Crippen molar-refractivity contribution in [3.05, 3.63) is 64.7 Å². The number of carbonyl (C=O) groups excluding carboxylic acids is 2. The van der Waals surface area contributed by atoms with Crippen LogP contribution in [0.4, 0.5) is 0 Å². The molecule has 0 saturated carbocycles. The van der Waals surface area contributed by atoms with Gasteiger partial charge >= 0.3 is 0 Å².